The number of para-hydroxylation sites is 1. The molecule has 6 heteroatoms. The van der Waals surface area contributed by atoms with Gasteiger partial charge in [-0.1, -0.05) is 37.3 Å². The maximum absolute atomic E-state index is 12.1. The zero-order valence-electron chi connectivity index (χ0n) is 16.9. The summed E-state index contributed by atoms with van der Waals surface area (Å²) in [6, 6.07) is 17.5. The van der Waals surface area contributed by atoms with Gasteiger partial charge in [0.05, 0.1) is 7.11 Å². The Balaban J connectivity index is 1.80. The number of carbonyl (C=O) groups excluding carboxylic acids is 1. The average Bonchev–Trinajstić information content (AvgIpc) is 2.72. The number of benzene rings is 2. The predicted octanol–water partition coefficient (Wildman–Crippen LogP) is 3.38. The molecule has 0 bridgehead atoms. The summed E-state index contributed by atoms with van der Waals surface area (Å²) in [5.74, 6) is 1.77. The Labute approximate surface area is 167 Å². The van der Waals surface area contributed by atoms with Crippen LogP contribution >= 0.6 is 0 Å². The van der Waals surface area contributed by atoms with Crippen LogP contribution in [0.3, 0.4) is 0 Å². The molecule has 1 amide bonds. The minimum absolute atomic E-state index is 0.0677. The number of nitrogens with one attached hydrogen (secondary N) is 3. The lowest BCUT2D eigenvalue weighted by Gasteiger charge is -2.15. The van der Waals surface area contributed by atoms with Gasteiger partial charge in [0.2, 0.25) is 5.91 Å². The molecule has 0 saturated heterocycles. The summed E-state index contributed by atoms with van der Waals surface area (Å²) in [4.78, 5) is 16.4. The van der Waals surface area contributed by atoms with Crippen molar-refractivity contribution in [2.75, 3.05) is 32.1 Å². The molecule has 0 aliphatic rings. The first-order valence-electron chi connectivity index (χ1n) is 9.63. The number of hydrogen-bond acceptors (Lipinski definition) is 3. The van der Waals surface area contributed by atoms with Crippen molar-refractivity contribution < 1.29 is 9.53 Å². The van der Waals surface area contributed by atoms with Crippen molar-refractivity contribution in [1.82, 2.24) is 10.6 Å². The van der Waals surface area contributed by atoms with Crippen LogP contribution in [0.5, 0.6) is 5.75 Å². The van der Waals surface area contributed by atoms with Crippen molar-refractivity contribution in [3.63, 3.8) is 0 Å². The van der Waals surface area contributed by atoms with Crippen molar-refractivity contribution in [3.8, 4) is 5.75 Å². The highest BCUT2D eigenvalue weighted by molar-refractivity contribution is 5.94. The molecule has 3 N–H and O–H groups in total. The van der Waals surface area contributed by atoms with E-state index in [2.05, 4.69) is 40.0 Å². The molecule has 0 spiro atoms. The van der Waals surface area contributed by atoms with Crippen molar-refractivity contribution in [2.45, 2.75) is 26.2 Å². The number of guanidine groups is 1. The van der Waals surface area contributed by atoms with Crippen molar-refractivity contribution in [3.05, 3.63) is 60.2 Å². The Morgan fingerprint density at radius 2 is 1.79 bits per heavy atom. The van der Waals surface area contributed by atoms with Crippen LogP contribution in [0.1, 0.15) is 31.7 Å². The number of hydrogen-bond donors (Lipinski definition) is 3. The lowest BCUT2D eigenvalue weighted by Crippen LogP contribution is -2.38. The fraction of sp³-hybridized carbons (Fsp3) is 0.364. The summed E-state index contributed by atoms with van der Waals surface area (Å²) in [7, 11) is 1.67. The number of nitrogens with zero attached hydrogens (tertiary/aromatic N) is 1. The molecule has 2 rings (SSSR count). The van der Waals surface area contributed by atoms with Gasteiger partial charge in [-0.3, -0.25) is 4.79 Å². The van der Waals surface area contributed by atoms with Crippen LogP contribution in [0.4, 0.5) is 5.69 Å². The third kappa shape index (κ3) is 7.31. The standard InChI is InChI=1S/C22H30N4O2/c1-4-23-22(25-16-21(27)26-19-8-6-5-7-9-19)24-15-14-17(2)18-10-12-20(28-3)13-11-18/h5-13,17H,4,14-16H2,1-3H3,(H,26,27)(H2,23,24,25). The quantitative estimate of drug-likeness (QED) is 0.459. The summed E-state index contributed by atoms with van der Waals surface area (Å²) in [6.45, 7) is 5.76. The van der Waals surface area contributed by atoms with Crippen molar-refractivity contribution in [2.24, 2.45) is 4.99 Å². The highest BCUT2D eigenvalue weighted by Gasteiger charge is 2.07. The lowest BCUT2D eigenvalue weighted by molar-refractivity contribution is -0.114. The van der Waals surface area contributed by atoms with Crippen LogP contribution < -0.4 is 20.7 Å². The third-order valence-electron chi connectivity index (χ3n) is 4.34. The highest BCUT2D eigenvalue weighted by Crippen LogP contribution is 2.21. The molecule has 0 aliphatic carbocycles. The van der Waals surface area contributed by atoms with E-state index in [0.29, 0.717) is 11.9 Å². The second-order valence-corrected chi connectivity index (χ2v) is 6.50. The zero-order valence-corrected chi connectivity index (χ0v) is 16.9. The highest BCUT2D eigenvalue weighted by atomic mass is 16.5. The predicted molar refractivity (Wildman–Crippen MR) is 115 cm³/mol. The van der Waals surface area contributed by atoms with Crippen molar-refractivity contribution >= 4 is 17.6 Å². The summed E-state index contributed by atoms with van der Waals surface area (Å²) in [5.41, 5.74) is 2.04. The molecule has 1 atom stereocenters. The van der Waals surface area contributed by atoms with E-state index in [9.17, 15) is 4.79 Å². The molecule has 6 nitrogen and oxygen atoms in total. The van der Waals surface area contributed by atoms with E-state index in [-0.39, 0.29) is 12.5 Å². The molecule has 28 heavy (non-hydrogen) atoms. The van der Waals surface area contributed by atoms with Crippen LogP contribution in [0.15, 0.2) is 59.6 Å². The van der Waals surface area contributed by atoms with Gasteiger partial charge in [-0.25, -0.2) is 4.99 Å². The summed E-state index contributed by atoms with van der Waals surface area (Å²) >= 11 is 0. The number of rotatable bonds is 9. The van der Waals surface area contributed by atoms with E-state index in [1.165, 1.54) is 5.56 Å². The fourth-order valence-corrected chi connectivity index (χ4v) is 2.72. The Morgan fingerprint density at radius 1 is 1.07 bits per heavy atom. The van der Waals surface area contributed by atoms with E-state index >= 15 is 0 Å². The molecular weight excluding hydrogens is 352 g/mol. The van der Waals surface area contributed by atoms with Crippen LogP contribution in [-0.4, -0.2) is 38.6 Å². The maximum Gasteiger partial charge on any atom is 0.246 e. The van der Waals surface area contributed by atoms with Gasteiger partial charge in [-0.05, 0) is 49.1 Å². The first-order chi connectivity index (χ1) is 13.6. The topological polar surface area (TPSA) is 74.8 Å². The van der Waals surface area contributed by atoms with E-state index in [4.69, 9.17) is 4.74 Å². The van der Waals surface area contributed by atoms with Gasteiger partial charge in [0.25, 0.3) is 0 Å². The Kier molecular flexibility index (Phi) is 8.85. The monoisotopic (exact) mass is 382 g/mol. The summed E-state index contributed by atoms with van der Waals surface area (Å²) in [6.07, 6.45) is 0.951. The van der Waals surface area contributed by atoms with Crippen LogP contribution in [0.2, 0.25) is 0 Å². The van der Waals surface area contributed by atoms with Crippen LogP contribution in [0, 0.1) is 0 Å². The number of methoxy groups -OCH3 is 1. The van der Waals surface area contributed by atoms with Crippen LogP contribution in [-0.2, 0) is 4.79 Å². The zero-order chi connectivity index (χ0) is 20.2. The van der Waals surface area contributed by atoms with Gasteiger partial charge >= 0.3 is 0 Å². The smallest absolute Gasteiger partial charge is 0.246 e. The van der Waals surface area contributed by atoms with Gasteiger partial charge in [-0.2, -0.15) is 0 Å². The minimum Gasteiger partial charge on any atom is -0.497 e. The van der Waals surface area contributed by atoms with Gasteiger partial charge in [0.1, 0.15) is 12.3 Å². The SMILES string of the molecule is CCNC(=NCC(=O)Nc1ccccc1)NCCC(C)c1ccc(OC)cc1. The fourth-order valence-electron chi connectivity index (χ4n) is 2.72. The lowest BCUT2D eigenvalue weighted by atomic mass is 9.98. The number of amides is 1. The normalized spacial score (nSPS) is 12.2. The molecular formula is C22H30N4O2. The number of carbonyl (C=O) groups is 1. The molecule has 2 aromatic rings. The number of anilines is 1. The van der Waals surface area contributed by atoms with E-state index in [0.717, 1.165) is 30.9 Å². The molecule has 0 saturated carbocycles. The molecule has 0 heterocycles. The Morgan fingerprint density at radius 3 is 2.43 bits per heavy atom. The van der Waals surface area contributed by atoms with E-state index in [1.807, 2.05) is 49.4 Å². The Hall–Kier alpha value is -3.02. The molecule has 0 aliphatic heterocycles. The largest absolute Gasteiger partial charge is 0.497 e. The number of ether oxygens (including phenoxy) is 1. The summed E-state index contributed by atoms with van der Waals surface area (Å²) in [5, 5.41) is 9.30. The maximum atomic E-state index is 12.1. The molecule has 150 valence electrons. The van der Waals surface area contributed by atoms with Gasteiger partial charge in [-0.15, -0.1) is 0 Å². The molecule has 0 radical (unpaired) electrons. The second kappa shape index (κ2) is 11.6. The first kappa shape index (κ1) is 21.3. The first-order valence-corrected chi connectivity index (χ1v) is 9.63. The molecule has 2 aromatic carbocycles. The van der Waals surface area contributed by atoms with Gasteiger partial charge < -0.3 is 20.7 Å². The third-order valence-corrected chi connectivity index (χ3v) is 4.34. The molecule has 0 fully saturated rings. The van der Waals surface area contributed by atoms with E-state index in [1.54, 1.807) is 7.11 Å². The summed E-state index contributed by atoms with van der Waals surface area (Å²) < 4.78 is 5.20. The minimum atomic E-state index is -0.144. The average molecular weight is 383 g/mol. The van der Waals surface area contributed by atoms with Crippen LogP contribution in [0.25, 0.3) is 0 Å². The van der Waals surface area contributed by atoms with Gasteiger partial charge in [0.15, 0.2) is 5.96 Å². The number of aliphatic imine (C=N–C) groups is 1. The van der Waals surface area contributed by atoms with E-state index < -0.39 is 0 Å². The molecule has 0 aromatic heterocycles. The van der Waals surface area contributed by atoms with Crippen molar-refractivity contribution in [1.29, 1.82) is 0 Å². The molecule has 1 unspecified atom stereocenters. The second-order valence-electron chi connectivity index (χ2n) is 6.50. The Bertz CT molecular complexity index is 745. The van der Waals surface area contributed by atoms with Gasteiger partial charge in [0, 0.05) is 18.8 Å².